The van der Waals surface area contributed by atoms with E-state index in [1.807, 2.05) is 13.8 Å². The molecule has 1 aliphatic carbocycles. The van der Waals surface area contributed by atoms with E-state index in [-0.39, 0.29) is 12.2 Å². The van der Waals surface area contributed by atoms with Gasteiger partial charge in [0.25, 0.3) is 0 Å². The molecule has 0 spiro atoms. The summed E-state index contributed by atoms with van der Waals surface area (Å²) in [5.74, 6) is -0.600. The number of aryl methyl sites for hydroxylation is 3. The number of fused-ring (bicyclic) bond motifs is 1. The number of carbonyl (C=O) groups is 1. The summed E-state index contributed by atoms with van der Waals surface area (Å²) in [6, 6.07) is 24.1. The summed E-state index contributed by atoms with van der Waals surface area (Å²) in [5, 5.41) is 17.3. The molecule has 0 unspecified atom stereocenters. The predicted molar refractivity (Wildman–Crippen MR) is 119 cm³/mol. The van der Waals surface area contributed by atoms with E-state index in [4.69, 9.17) is 10.2 Å². The van der Waals surface area contributed by atoms with Crippen LogP contribution in [0.3, 0.4) is 0 Å². The molecule has 0 saturated heterocycles. The van der Waals surface area contributed by atoms with Crippen molar-refractivity contribution in [2.24, 2.45) is 0 Å². The first-order valence-corrected chi connectivity index (χ1v) is 10.3. The molecular formula is C26H30O3. The lowest BCUT2D eigenvalue weighted by molar-refractivity contribution is -0.136. The molecule has 3 aromatic carbocycles. The summed E-state index contributed by atoms with van der Waals surface area (Å²) in [4.78, 5) is 10.2. The van der Waals surface area contributed by atoms with E-state index in [0.717, 1.165) is 5.56 Å². The van der Waals surface area contributed by atoms with Gasteiger partial charge in [-0.1, -0.05) is 74.5 Å². The quantitative estimate of drug-likeness (QED) is 0.551. The molecule has 3 aromatic rings. The molecule has 0 aromatic heterocycles. The summed E-state index contributed by atoms with van der Waals surface area (Å²) >= 11 is 0. The second-order valence-electron chi connectivity index (χ2n) is 6.76. The highest BCUT2D eigenvalue weighted by atomic mass is 16.4. The summed E-state index contributed by atoms with van der Waals surface area (Å²) in [5.41, 5.74) is 6.71. The number of rotatable bonds is 4. The van der Waals surface area contributed by atoms with Crippen LogP contribution in [0.4, 0.5) is 0 Å². The van der Waals surface area contributed by atoms with Crippen LogP contribution >= 0.6 is 0 Å². The van der Waals surface area contributed by atoms with Gasteiger partial charge in [0.1, 0.15) is 5.75 Å². The molecule has 3 heteroatoms. The first-order valence-electron chi connectivity index (χ1n) is 10.3. The molecule has 2 N–H and O–H groups in total. The zero-order valence-corrected chi connectivity index (χ0v) is 17.3. The molecule has 0 heterocycles. The standard InChI is InChI=1S/C15H14.C9H10O3.C2H6/c1-2-5-12(6-3-1)15-10-9-13-7-4-8-14(13)11-15;10-8-4-1-7(2-5-8)3-6-9(11)12;1-2/h1-3,5-6,9-11H,4,7-8H2;1-2,4-5,10H,3,6H2,(H,11,12);1-2H3. The van der Waals surface area contributed by atoms with Crippen molar-refractivity contribution in [1.29, 1.82) is 0 Å². The van der Waals surface area contributed by atoms with Crippen LogP contribution in [-0.2, 0) is 24.1 Å². The molecule has 3 nitrogen and oxygen atoms in total. The Morgan fingerprint density at radius 1 is 0.828 bits per heavy atom. The Hall–Kier alpha value is -3.07. The van der Waals surface area contributed by atoms with Crippen LogP contribution in [0.5, 0.6) is 5.75 Å². The first kappa shape index (κ1) is 22.2. The Morgan fingerprint density at radius 3 is 2.14 bits per heavy atom. The Morgan fingerprint density at radius 2 is 1.48 bits per heavy atom. The maximum absolute atomic E-state index is 10.2. The molecular weight excluding hydrogens is 360 g/mol. The smallest absolute Gasteiger partial charge is 0.303 e. The van der Waals surface area contributed by atoms with Crippen molar-refractivity contribution in [3.63, 3.8) is 0 Å². The highest BCUT2D eigenvalue weighted by Gasteiger charge is 2.10. The highest BCUT2D eigenvalue weighted by molar-refractivity contribution is 5.67. The topological polar surface area (TPSA) is 57.5 Å². The lowest BCUT2D eigenvalue weighted by atomic mass is 10.0. The van der Waals surface area contributed by atoms with Crippen molar-refractivity contribution >= 4 is 5.97 Å². The molecule has 0 fully saturated rings. The number of phenols is 1. The third kappa shape index (κ3) is 7.11. The third-order valence-corrected chi connectivity index (χ3v) is 4.77. The SMILES string of the molecule is CC.O=C(O)CCc1ccc(O)cc1.c1ccc(-c2ccc3c(c2)CCC3)cc1. The molecule has 0 bridgehead atoms. The minimum Gasteiger partial charge on any atom is -0.508 e. The number of hydrogen-bond donors (Lipinski definition) is 2. The molecule has 0 radical (unpaired) electrons. The van der Waals surface area contributed by atoms with Gasteiger partial charge in [-0.2, -0.15) is 0 Å². The molecule has 4 rings (SSSR count). The van der Waals surface area contributed by atoms with E-state index in [9.17, 15) is 4.79 Å². The zero-order valence-electron chi connectivity index (χ0n) is 17.3. The van der Waals surface area contributed by atoms with Gasteiger partial charge in [-0.15, -0.1) is 0 Å². The van der Waals surface area contributed by atoms with Crippen LogP contribution in [-0.4, -0.2) is 16.2 Å². The van der Waals surface area contributed by atoms with Gasteiger partial charge in [-0.25, -0.2) is 0 Å². The van der Waals surface area contributed by atoms with Gasteiger partial charge < -0.3 is 10.2 Å². The molecule has 0 amide bonds. The summed E-state index contributed by atoms with van der Waals surface area (Å²) in [6.07, 6.45) is 4.49. The molecule has 0 saturated carbocycles. The Balaban J connectivity index is 0.000000196. The fourth-order valence-corrected chi connectivity index (χ4v) is 3.30. The fraction of sp³-hybridized carbons (Fsp3) is 0.269. The van der Waals surface area contributed by atoms with Gasteiger partial charge in [0.2, 0.25) is 0 Å². The van der Waals surface area contributed by atoms with Gasteiger partial charge >= 0.3 is 5.97 Å². The fourth-order valence-electron chi connectivity index (χ4n) is 3.30. The van der Waals surface area contributed by atoms with Gasteiger partial charge in [0, 0.05) is 6.42 Å². The van der Waals surface area contributed by atoms with Crippen LogP contribution in [0, 0.1) is 0 Å². The van der Waals surface area contributed by atoms with Crippen LogP contribution in [0.1, 0.15) is 43.4 Å². The molecule has 29 heavy (non-hydrogen) atoms. The minimum atomic E-state index is -0.803. The van der Waals surface area contributed by atoms with E-state index >= 15 is 0 Å². The number of benzene rings is 3. The van der Waals surface area contributed by atoms with Crippen LogP contribution < -0.4 is 0 Å². The lowest BCUT2D eigenvalue weighted by Crippen LogP contribution is -1.96. The summed E-state index contributed by atoms with van der Waals surface area (Å²) in [6.45, 7) is 4.00. The van der Waals surface area contributed by atoms with Crippen molar-refractivity contribution in [3.05, 3.63) is 89.5 Å². The van der Waals surface area contributed by atoms with Gasteiger partial charge in [0.15, 0.2) is 0 Å². The summed E-state index contributed by atoms with van der Waals surface area (Å²) in [7, 11) is 0. The minimum absolute atomic E-state index is 0.130. The zero-order chi connectivity index (χ0) is 21.1. The average molecular weight is 391 g/mol. The van der Waals surface area contributed by atoms with E-state index in [2.05, 4.69) is 48.5 Å². The van der Waals surface area contributed by atoms with Crippen molar-refractivity contribution < 1.29 is 15.0 Å². The molecule has 0 aliphatic heterocycles. The van der Waals surface area contributed by atoms with Crippen molar-refractivity contribution in [3.8, 4) is 16.9 Å². The van der Waals surface area contributed by atoms with Crippen molar-refractivity contribution in [2.45, 2.75) is 46.0 Å². The van der Waals surface area contributed by atoms with Gasteiger partial charge in [-0.05, 0) is 65.6 Å². The largest absolute Gasteiger partial charge is 0.508 e. The number of carboxylic acid groups (broad SMARTS) is 1. The highest BCUT2D eigenvalue weighted by Crippen LogP contribution is 2.27. The number of carboxylic acids is 1. The van der Waals surface area contributed by atoms with Crippen LogP contribution in [0.25, 0.3) is 11.1 Å². The number of aromatic hydroxyl groups is 1. The Labute approximate surface area is 173 Å². The van der Waals surface area contributed by atoms with Crippen LogP contribution in [0.15, 0.2) is 72.8 Å². The predicted octanol–water partition coefficient (Wildman–Crippen LogP) is 6.28. The van der Waals surface area contributed by atoms with E-state index in [1.165, 1.54) is 30.4 Å². The van der Waals surface area contributed by atoms with E-state index in [0.29, 0.717) is 6.42 Å². The van der Waals surface area contributed by atoms with E-state index < -0.39 is 5.97 Å². The average Bonchev–Trinajstić information content (AvgIpc) is 3.24. The monoisotopic (exact) mass is 390 g/mol. The molecule has 152 valence electrons. The Kier molecular flexibility index (Phi) is 8.97. The normalized spacial score (nSPS) is 11.4. The lowest BCUT2D eigenvalue weighted by Gasteiger charge is -2.04. The number of phenolic OH excluding ortho intramolecular Hbond substituents is 1. The van der Waals surface area contributed by atoms with Crippen molar-refractivity contribution in [2.75, 3.05) is 0 Å². The maximum atomic E-state index is 10.2. The Bertz CT molecular complexity index is 884. The second kappa shape index (κ2) is 11.7. The van der Waals surface area contributed by atoms with Crippen LogP contribution in [0.2, 0.25) is 0 Å². The van der Waals surface area contributed by atoms with Gasteiger partial charge in [0.05, 0.1) is 0 Å². The van der Waals surface area contributed by atoms with Gasteiger partial charge in [-0.3, -0.25) is 4.79 Å². The first-order chi connectivity index (χ1) is 14.1. The molecule has 1 aliphatic rings. The molecule has 0 atom stereocenters. The number of hydrogen-bond acceptors (Lipinski definition) is 2. The number of aliphatic carboxylic acids is 1. The van der Waals surface area contributed by atoms with E-state index in [1.54, 1.807) is 35.4 Å². The maximum Gasteiger partial charge on any atom is 0.303 e. The third-order valence-electron chi connectivity index (χ3n) is 4.77. The second-order valence-corrected chi connectivity index (χ2v) is 6.76. The summed E-state index contributed by atoms with van der Waals surface area (Å²) < 4.78 is 0. The van der Waals surface area contributed by atoms with Crippen molar-refractivity contribution in [1.82, 2.24) is 0 Å².